The zero-order valence-corrected chi connectivity index (χ0v) is 14.0. The van der Waals surface area contributed by atoms with Gasteiger partial charge in [0.05, 0.1) is 4.83 Å². The van der Waals surface area contributed by atoms with Gasteiger partial charge in [0.2, 0.25) is 0 Å². The molecule has 0 aliphatic heterocycles. The predicted molar refractivity (Wildman–Crippen MR) is 91.6 cm³/mol. The van der Waals surface area contributed by atoms with Crippen LogP contribution >= 0.6 is 15.9 Å². The molecule has 1 heteroatoms. The van der Waals surface area contributed by atoms with Gasteiger partial charge < -0.3 is 0 Å². The average Bonchev–Trinajstić information content (AvgIpc) is 2.52. The Balaban J connectivity index is 2.18. The van der Waals surface area contributed by atoms with Crippen molar-refractivity contribution in [2.24, 2.45) is 0 Å². The lowest BCUT2D eigenvalue weighted by atomic mass is 9.97. The summed E-state index contributed by atoms with van der Waals surface area (Å²) in [4.78, 5) is 0.291. The zero-order chi connectivity index (χ0) is 14.4. The first-order chi connectivity index (χ1) is 9.76. The van der Waals surface area contributed by atoms with E-state index in [-0.39, 0.29) is 0 Å². The molecule has 0 aromatic heterocycles. The first-order valence-corrected chi connectivity index (χ1v) is 8.48. The molecule has 2 aromatic rings. The molecule has 1 atom stereocenters. The van der Waals surface area contributed by atoms with Gasteiger partial charge in [0.25, 0.3) is 0 Å². The zero-order valence-electron chi connectivity index (χ0n) is 12.4. The lowest BCUT2D eigenvalue weighted by molar-refractivity contribution is 0.794. The van der Waals surface area contributed by atoms with Crippen LogP contribution in [0.2, 0.25) is 0 Å². The van der Waals surface area contributed by atoms with Crippen LogP contribution in [0.3, 0.4) is 0 Å². The highest BCUT2D eigenvalue weighted by molar-refractivity contribution is 9.09. The monoisotopic (exact) mass is 330 g/mol. The molecule has 0 saturated heterocycles. The lowest BCUT2D eigenvalue weighted by Gasteiger charge is -2.15. The van der Waals surface area contributed by atoms with E-state index in [2.05, 4.69) is 78.3 Å². The third kappa shape index (κ3) is 3.73. The molecule has 0 aliphatic rings. The normalized spacial score (nSPS) is 12.3. The van der Waals surface area contributed by atoms with Gasteiger partial charge in [0.1, 0.15) is 0 Å². The number of halogens is 1. The van der Waals surface area contributed by atoms with Crippen molar-refractivity contribution < 1.29 is 0 Å². The Morgan fingerprint density at radius 1 is 0.950 bits per heavy atom. The van der Waals surface area contributed by atoms with Crippen molar-refractivity contribution in [2.45, 2.75) is 44.4 Å². The number of alkyl halides is 1. The van der Waals surface area contributed by atoms with Gasteiger partial charge in [-0.1, -0.05) is 84.7 Å². The summed E-state index contributed by atoms with van der Waals surface area (Å²) < 4.78 is 0. The second kappa shape index (κ2) is 7.64. The predicted octanol–water partition coefficient (Wildman–Crippen LogP) is 6.08. The summed E-state index contributed by atoms with van der Waals surface area (Å²) in [5, 5.41) is 0. The highest BCUT2D eigenvalue weighted by atomic mass is 79.9. The molecular formula is C19H23Br. The van der Waals surface area contributed by atoms with Crippen molar-refractivity contribution in [3.63, 3.8) is 0 Å². The van der Waals surface area contributed by atoms with Gasteiger partial charge in [-0.15, -0.1) is 0 Å². The Bertz CT molecular complexity index is 528. The SMILES string of the molecule is CCCCc1ccc(C(Br)c2ccccc2CC)cc1. The minimum atomic E-state index is 0.291. The molecule has 0 aliphatic carbocycles. The average molecular weight is 331 g/mol. The molecule has 106 valence electrons. The fraction of sp³-hybridized carbons (Fsp3) is 0.368. The third-order valence-corrected chi connectivity index (χ3v) is 4.82. The Morgan fingerprint density at radius 2 is 1.65 bits per heavy atom. The van der Waals surface area contributed by atoms with E-state index in [0.29, 0.717) is 4.83 Å². The smallest absolute Gasteiger partial charge is 0.0647 e. The third-order valence-electron chi connectivity index (χ3n) is 3.80. The second-order valence-electron chi connectivity index (χ2n) is 5.26. The Kier molecular flexibility index (Phi) is 5.85. The van der Waals surface area contributed by atoms with Crippen LogP contribution in [-0.4, -0.2) is 0 Å². The Morgan fingerprint density at radius 3 is 2.30 bits per heavy atom. The largest absolute Gasteiger partial charge is 0.0786 e. The molecular weight excluding hydrogens is 308 g/mol. The van der Waals surface area contributed by atoms with E-state index in [1.54, 1.807) is 0 Å². The molecule has 0 N–H and O–H groups in total. The van der Waals surface area contributed by atoms with Crippen molar-refractivity contribution in [2.75, 3.05) is 0 Å². The van der Waals surface area contributed by atoms with E-state index in [9.17, 15) is 0 Å². The first kappa shape index (κ1) is 15.3. The maximum atomic E-state index is 3.86. The van der Waals surface area contributed by atoms with Crippen molar-refractivity contribution in [1.82, 2.24) is 0 Å². The molecule has 0 saturated carbocycles. The molecule has 2 rings (SSSR count). The fourth-order valence-electron chi connectivity index (χ4n) is 2.52. The molecule has 2 aromatic carbocycles. The van der Waals surface area contributed by atoms with Crippen LogP contribution < -0.4 is 0 Å². The molecule has 20 heavy (non-hydrogen) atoms. The van der Waals surface area contributed by atoms with Crippen LogP contribution in [0.15, 0.2) is 48.5 Å². The standard InChI is InChI=1S/C19H23Br/c1-3-5-8-15-11-13-17(14-12-15)19(20)18-10-7-6-9-16(18)4-2/h6-7,9-14,19H,3-5,8H2,1-2H3. The molecule has 0 amide bonds. The van der Waals surface area contributed by atoms with Crippen molar-refractivity contribution in [1.29, 1.82) is 0 Å². The van der Waals surface area contributed by atoms with E-state index in [0.717, 1.165) is 6.42 Å². The highest BCUT2D eigenvalue weighted by Crippen LogP contribution is 2.33. The van der Waals surface area contributed by atoms with E-state index < -0.39 is 0 Å². The molecule has 0 radical (unpaired) electrons. The minimum absolute atomic E-state index is 0.291. The Labute approximate surface area is 131 Å². The number of unbranched alkanes of at least 4 members (excludes halogenated alkanes) is 1. The summed E-state index contributed by atoms with van der Waals surface area (Å²) in [6.07, 6.45) is 4.80. The first-order valence-electron chi connectivity index (χ1n) is 7.57. The van der Waals surface area contributed by atoms with Crippen molar-refractivity contribution in [3.05, 3.63) is 70.8 Å². The van der Waals surface area contributed by atoms with Gasteiger partial charge in [-0.3, -0.25) is 0 Å². The van der Waals surface area contributed by atoms with Gasteiger partial charge in [-0.2, -0.15) is 0 Å². The molecule has 0 nitrogen and oxygen atoms in total. The van der Waals surface area contributed by atoms with Crippen LogP contribution in [0.4, 0.5) is 0 Å². The highest BCUT2D eigenvalue weighted by Gasteiger charge is 2.13. The Hall–Kier alpha value is -1.08. The fourth-order valence-corrected chi connectivity index (χ4v) is 3.27. The summed E-state index contributed by atoms with van der Waals surface area (Å²) in [6.45, 7) is 4.46. The van der Waals surface area contributed by atoms with E-state index in [4.69, 9.17) is 0 Å². The van der Waals surface area contributed by atoms with E-state index in [1.807, 2.05) is 0 Å². The summed E-state index contributed by atoms with van der Waals surface area (Å²) in [6, 6.07) is 17.8. The van der Waals surface area contributed by atoms with Gasteiger partial charge in [0, 0.05) is 0 Å². The van der Waals surface area contributed by atoms with Crippen LogP contribution in [-0.2, 0) is 12.8 Å². The quantitative estimate of drug-likeness (QED) is 0.563. The summed E-state index contributed by atoms with van der Waals surface area (Å²) in [7, 11) is 0. The number of aryl methyl sites for hydroxylation is 2. The van der Waals surface area contributed by atoms with Gasteiger partial charge in [0.15, 0.2) is 0 Å². The minimum Gasteiger partial charge on any atom is -0.0786 e. The van der Waals surface area contributed by atoms with E-state index in [1.165, 1.54) is 41.5 Å². The topological polar surface area (TPSA) is 0 Å². The van der Waals surface area contributed by atoms with Crippen LogP contribution in [0.25, 0.3) is 0 Å². The van der Waals surface area contributed by atoms with Crippen LogP contribution in [0, 0.1) is 0 Å². The summed E-state index contributed by atoms with van der Waals surface area (Å²) in [5.74, 6) is 0. The van der Waals surface area contributed by atoms with Crippen molar-refractivity contribution in [3.8, 4) is 0 Å². The molecule has 0 fully saturated rings. The van der Waals surface area contributed by atoms with Crippen LogP contribution in [0.1, 0.15) is 53.8 Å². The molecule has 0 heterocycles. The maximum Gasteiger partial charge on any atom is 0.0647 e. The summed E-state index contributed by atoms with van der Waals surface area (Å²) in [5.41, 5.74) is 5.59. The molecule has 0 spiro atoms. The van der Waals surface area contributed by atoms with Gasteiger partial charge >= 0.3 is 0 Å². The molecule has 0 bridgehead atoms. The number of hydrogen-bond donors (Lipinski definition) is 0. The van der Waals surface area contributed by atoms with E-state index >= 15 is 0 Å². The molecule has 1 unspecified atom stereocenters. The summed E-state index contributed by atoms with van der Waals surface area (Å²) >= 11 is 3.86. The number of hydrogen-bond acceptors (Lipinski definition) is 0. The second-order valence-corrected chi connectivity index (χ2v) is 6.18. The number of rotatable bonds is 6. The lowest BCUT2D eigenvalue weighted by Crippen LogP contribution is -1.98. The van der Waals surface area contributed by atoms with Crippen LogP contribution in [0.5, 0.6) is 0 Å². The van der Waals surface area contributed by atoms with Gasteiger partial charge in [-0.05, 0) is 41.5 Å². The maximum absolute atomic E-state index is 3.86. The van der Waals surface area contributed by atoms with Gasteiger partial charge in [-0.25, -0.2) is 0 Å². The number of benzene rings is 2. The van der Waals surface area contributed by atoms with Crippen molar-refractivity contribution >= 4 is 15.9 Å².